The molecule has 0 bridgehead atoms. The van der Waals surface area contributed by atoms with Crippen LogP contribution in [0, 0.1) is 10.1 Å². The molecule has 20 heavy (non-hydrogen) atoms. The molecule has 1 unspecified atom stereocenters. The summed E-state index contributed by atoms with van der Waals surface area (Å²) in [5, 5.41) is 22.5. The Morgan fingerprint density at radius 2 is 2.20 bits per heavy atom. The SMILES string of the molecule is CC1=C(C(=O)O)C(c2cccc([N+](=O)[O-])c2)CC(=O)N1. The van der Waals surface area contributed by atoms with Crippen LogP contribution in [-0.4, -0.2) is 21.9 Å². The molecule has 1 aliphatic rings. The second kappa shape index (κ2) is 5.12. The number of nitrogens with one attached hydrogen (secondary N) is 1. The number of rotatable bonds is 3. The Kier molecular flexibility index (Phi) is 3.51. The summed E-state index contributed by atoms with van der Waals surface area (Å²) >= 11 is 0. The van der Waals surface area contributed by atoms with Gasteiger partial charge in [0.1, 0.15) is 0 Å². The highest BCUT2D eigenvalue weighted by Gasteiger charge is 2.32. The van der Waals surface area contributed by atoms with Crippen molar-refractivity contribution in [3.8, 4) is 0 Å². The Balaban J connectivity index is 2.51. The zero-order chi connectivity index (χ0) is 14.9. The number of nitro benzene ring substituents is 1. The predicted octanol–water partition coefficient (Wildman–Crippen LogP) is 1.56. The summed E-state index contributed by atoms with van der Waals surface area (Å²) in [6.07, 6.45) is -0.0415. The van der Waals surface area contributed by atoms with Crippen molar-refractivity contribution < 1.29 is 19.6 Å². The van der Waals surface area contributed by atoms with E-state index in [0.29, 0.717) is 5.56 Å². The van der Waals surface area contributed by atoms with Crippen LogP contribution in [0.3, 0.4) is 0 Å². The van der Waals surface area contributed by atoms with Gasteiger partial charge in [-0.15, -0.1) is 0 Å². The number of carbonyl (C=O) groups excluding carboxylic acids is 1. The number of nitro groups is 1. The first kappa shape index (κ1) is 13.7. The van der Waals surface area contributed by atoms with Crippen LogP contribution in [0.4, 0.5) is 5.69 Å². The van der Waals surface area contributed by atoms with E-state index in [1.165, 1.54) is 25.1 Å². The lowest BCUT2D eigenvalue weighted by Crippen LogP contribution is -2.33. The number of aliphatic carboxylic acids is 1. The van der Waals surface area contributed by atoms with Gasteiger partial charge in [-0.05, 0) is 12.5 Å². The van der Waals surface area contributed by atoms with Gasteiger partial charge in [0.15, 0.2) is 0 Å². The first-order valence-electron chi connectivity index (χ1n) is 5.88. The van der Waals surface area contributed by atoms with Gasteiger partial charge in [0.2, 0.25) is 5.91 Å². The molecule has 104 valence electrons. The standard InChI is InChI=1S/C13H12N2O5/c1-7-12(13(17)18)10(6-11(16)14-7)8-3-2-4-9(5-8)15(19)20/h2-5,10H,6H2,1H3,(H,14,16)(H,17,18). The fourth-order valence-corrected chi connectivity index (χ4v) is 2.33. The lowest BCUT2D eigenvalue weighted by atomic mass is 9.84. The minimum Gasteiger partial charge on any atom is -0.478 e. The van der Waals surface area contributed by atoms with Crippen LogP contribution in [0.15, 0.2) is 35.5 Å². The number of nitrogens with zero attached hydrogens (tertiary/aromatic N) is 1. The molecule has 2 N–H and O–H groups in total. The Hall–Kier alpha value is -2.70. The van der Waals surface area contributed by atoms with Gasteiger partial charge in [0.25, 0.3) is 5.69 Å². The maximum absolute atomic E-state index is 11.6. The van der Waals surface area contributed by atoms with Crippen molar-refractivity contribution in [3.05, 3.63) is 51.2 Å². The summed E-state index contributed by atoms with van der Waals surface area (Å²) in [4.78, 5) is 33.1. The first-order chi connectivity index (χ1) is 9.40. The minimum atomic E-state index is -1.14. The van der Waals surface area contributed by atoms with Crippen LogP contribution in [0.25, 0.3) is 0 Å². The van der Waals surface area contributed by atoms with E-state index in [2.05, 4.69) is 5.32 Å². The number of hydrogen-bond donors (Lipinski definition) is 2. The zero-order valence-electron chi connectivity index (χ0n) is 10.6. The number of amides is 1. The summed E-state index contributed by atoms with van der Waals surface area (Å²) in [6.45, 7) is 1.50. The van der Waals surface area contributed by atoms with Crippen LogP contribution < -0.4 is 5.32 Å². The lowest BCUT2D eigenvalue weighted by molar-refractivity contribution is -0.384. The number of benzene rings is 1. The van der Waals surface area contributed by atoms with E-state index in [1.807, 2.05) is 0 Å². The summed E-state index contributed by atoms with van der Waals surface area (Å²) in [5.74, 6) is -2.12. The number of carboxylic acid groups (broad SMARTS) is 1. The smallest absolute Gasteiger partial charge is 0.333 e. The van der Waals surface area contributed by atoms with E-state index < -0.39 is 16.8 Å². The van der Waals surface area contributed by atoms with Crippen molar-refractivity contribution in [2.45, 2.75) is 19.3 Å². The lowest BCUT2D eigenvalue weighted by Gasteiger charge is -2.25. The Morgan fingerprint density at radius 1 is 1.50 bits per heavy atom. The molecule has 0 saturated carbocycles. The number of carboxylic acids is 1. The highest BCUT2D eigenvalue weighted by molar-refractivity contribution is 5.94. The average molecular weight is 276 g/mol. The van der Waals surface area contributed by atoms with Crippen molar-refractivity contribution in [2.75, 3.05) is 0 Å². The highest BCUT2D eigenvalue weighted by atomic mass is 16.6. The van der Waals surface area contributed by atoms with Gasteiger partial charge in [-0.2, -0.15) is 0 Å². The second-order valence-electron chi connectivity index (χ2n) is 4.50. The topological polar surface area (TPSA) is 110 Å². The number of hydrogen-bond acceptors (Lipinski definition) is 4. The molecule has 0 radical (unpaired) electrons. The molecule has 0 fully saturated rings. The molecule has 0 saturated heterocycles. The molecule has 1 amide bonds. The first-order valence-corrected chi connectivity index (χ1v) is 5.88. The van der Waals surface area contributed by atoms with Crippen molar-refractivity contribution in [1.29, 1.82) is 0 Å². The number of non-ortho nitro benzene ring substituents is 1. The third-order valence-electron chi connectivity index (χ3n) is 3.18. The number of allylic oxidation sites excluding steroid dienone is 1. The van der Waals surface area contributed by atoms with Crippen LogP contribution in [-0.2, 0) is 9.59 Å². The van der Waals surface area contributed by atoms with Gasteiger partial charge in [-0.3, -0.25) is 14.9 Å². The van der Waals surface area contributed by atoms with E-state index in [4.69, 9.17) is 0 Å². The molecule has 1 aliphatic heterocycles. The molecule has 0 aromatic heterocycles. The molecule has 7 heteroatoms. The van der Waals surface area contributed by atoms with Gasteiger partial charge in [0, 0.05) is 30.2 Å². The Bertz CT molecular complexity index is 635. The molecule has 1 atom stereocenters. The van der Waals surface area contributed by atoms with Gasteiger partial charge >= 0.3 is 5.97 Å². The summed E-state index contributed by atoms with van der Waals surface area (Å²) in [7, 11) is 0. The Morgan fingerprint density at radius 3 is 2.80 bits per heavy atom. The van der Waals surface area contributed by atoms with Crippen LogP contribution in [0.5, 0.6) is 0 Å². The van der Waals surface area contributed by atoms with Gasteiger partial charge in [-0.25, -0.2) is 4.79 Å². The quantitative estimate of drug-likeness (QED) is 0.643. The van der Waals surface area contributed by atoms with Gasteiger partial charge in [0.05, 0.1) is 10.5 Å². The maximum Gasteiger partial charge on any atom is 0.333 e. The van der Waals surface area contributed by atoms with Crippen LogP contribution in [0.1, 0.15) is 24.8 Å². The van der Waals surface area contributed by atoms with Crippen molar-refractivity contribution >= 4 is 17.6 Å². The van der Waals surface area contributed by atoms with Crippen LogP contribution >= 0.6 is 0 Å². The normalized spacial score (nSPS) is 18.6. The average Bonchev–Trinajstić information content (AvgIpc) is 2.37. The second-order valence-corrected chi connectivity index (χ2v) is 4.50. The molecular formula is C13H12N2O5. The summed E-state index contributed by atoms with van der Waals surface area (Å²) in [5.41, 5.74) is 0.650. The summed E-state index contributed by atoms with van der Waals surface area (Å²) in [6, 6.07) is 5.70. The van der Waals surface area contributed by atoms with Gasteiger partial charge < -0.3 is 10.4 Å². The molecular weight excluding hydrogens is 264 g/mol. The molecule has 2 rings (SSSR count). The molecule has 1 aromatic carbocycles. The molecule has 0 spiro atoms. The largest absolute Gasteiger partial charge is 0.478 e. The monoisotopic (exact) mass is 276 g/mol. The molecule has 1 heterocycles. The van der Waals surface area contributed by atoms with E-state index in [9.17, 15) is 24.8 Å². The van der Waals surface area contributed by atoms with E-state index in [1.54, 1.807) is 6.07 Å². The van der Waals surface area contributed by atoms with Gasteiger partial charge in [-0.1, -0.05) is 12.1 Å². The molecule has 0 aliphatic carbocycles. The van der Waals surface area contributed by atoms with Crippen LogP contribution in [0.2, 0.25) is 0 Å². The molecule has 7 nitrogen and oxygen atoms in total. The zero-order valence-corrected chi connectivity index (χ0v) is 10.6. The number of carbonyl (C=O) groups is 2. The predicted molar refractivity (Wildman–Crippen MR) is 68.9 cm³/mol. The van der Waals surface area contributed by atoms with E-state index in [0.717, 1.165) is 0 Å². The van der Waals surface area contributed by atoms with Crippen molar-refractivity contribution in [1.82, 2.24) is 5.32 Å². The fourth-order valence-electron chi connectivity index (χ4n) is 2.33. The Labute approximate surface area is 114 Å². The third-order valence-corrected chi connectivity index (χ3v) is 3.18. The highest BCUT2D eigenvalue weighted by Crippen LogP contribution is 2.34. The van der Waals surface area contributed by atoms with E-state index in [-0.39, 0.29) is 29.3 Å². The van der Waals surface area contributed by atoms with Crippen molar-refractivity contribution in [3.63, 3.8) is 0 Å². The maximum atomic E-state index is 11.6. The molecule has 1 aromatic rings. The van der Waals surface area contributed by atoms with Crippen molar-refractivity contribution in [2.24, 2.45) is 0 Å². The summed E-state index contributed by atoms with van der Waals surface area (Å²) < 4.78 is 0. The third kappa shape index (κ3) is 2.51. The minimum absolute atomic E-state index is 0.0415. The fraction of sp³-hybridized carbons (Fsp3) is 0.231. The van der Waals surface area contributed by atoms with E-state index >= 15 is 0 Å².